The molecule has 0 amide bonds. The van der Waals surface area contributed by atoms with Crippen molar-refractivity contribution in [3.8, 4) is 5.75 Å². The minimum absolute atomic E-state index is 0.00113. The van der Waals surface area contributed by atoms with Crippen LogP contribution in [0.2, 0.25) is 0 Å². The minimum Gasteiger partial charge on any atom is -0.494 e. The Morgan fingerprint density at radius 2 is 1.62 bits per heavy atom. The van der Waals surface area contributed by atoms with Gasteiger partial charge >= 0.3 is 0 Å². The standard InChI is InChI=1S/C25H34N6O/c1-5-32-22-13-11-21(12-14-22)23(24-26-27-28-31(24)25(2,3)4)30-17-15-29(16-18-30)19-20-9-7-6-8-10-20/h6-14,23H,5,15-19H2,1-4H3/t23-/m0/s1. The topological polar surface area (TPSA) is 59.3 Å². The van der Waals surface area contributed by atoms with E-state index in [1.54, 1.807) is 0 Å². The van der Waals surface area contributed by atoms with Crippen molar-refractivity contribution in [1.29, 1.82) is 0 Å². The molecule has 1 fully saturated rings. The van der Waals surface area contributed by atoms with Gasteiger partial charge in [-0.05, 0) is 61.4 Å². The van der Waals surface area contributed by atoms with Gasteiger partial charge in [0, 0.05) is 32.7 Å². The molecule has 1 atom stereocenters. The molecule has 0 spiro atoms. The molecular weight excluding hydrogens is 400 g/mol. The lowest BCUT2D eigenvalue weighted by Gasteiger charge is -2.39. The third kappa shape index (κ3) is 5.16. The second-order valence-electron chi connectivity index (χ2n) is 9.32. The summed E-state index contributed by atoms with van der Waals surface area (Å²) in [6.07, 6.45) is 0. The second kappa shape index (κ2) is 9.79. The number of ether oxygens (including phenoxy) is 1. The Morgan fingerprint density at radius 3 is 2.25 bits per heavy atom. The van der Waals surface area contributed by atoms with Crippen LogP contribution >= 0.6 is 0 Å². The molecule has 0 aliphatic carbocycles. The van der Waals surface area contributed by atoms with Gasteiger partial charge in [0.25, 0.3) is 0 Å². The second-order valence-corrected chi connectivity index (χ2v) is 9.32. The van der Waals surface area contributed by atoms with Crippen molar-refractivity contribution in [2.45, 2.75) is 45.8 Å². The van der Waals surface area contributed by atoms with Crippen molar-refractivity contribution in [3.05, 3.63) is 71.5 Å². The van der Waals surface area contributed by atoms with Gasteiger partial charge in [-0.15, -0.1) is 5.10 Å². The summed E-state index contributed by atoms with van der Waals surface area (Å²) < 4.78 is 7.62. The summed E-state index contributed by atoms with van der Waals surface area (Å²) >= 11 is 0. The summed E-state index contributed by atoms with van der Waals surface area (Å²) in [5.41, 5.74) is 2.35. The van der Waals surface area contributed by atoms with Crippen molar-refractivity contribution in [1.82, 2.24) is 30.0 Å². The Labute approximate surface area is 191 Å². The van der Waals surface area contributed by atoms with Gasteiger partial charge in [0.15, 0.2) is 5.82 Å². The Morgan fingerprint density at radius 1 is 0.938 bits per heavy atom. The minimum atomic E-state index is -0.197. The van der Waals surface area contributed by atoms with E-state index in [4.69, 9.17) is 4.74 Å². The summed E-state index contributed by atoms with van der Waals surface area (Å²) in [7, 11) is 0. The molecule has 2 aromatic carbocycles. The smallest absolute Gasteiger partial charge is 0.173 e. The SMILES string of the molecule is CCOc1ccc([C@@H](c2nnnn2C(C)(C)C)N2CCN(Cc3ccccc3)CC2)cc1. The number of hydrogen-bond donors (Lipinski definition) is 0. The summed E-state index contributed by atoms with van der Waals surface area (Å²) in [5.74, 6) is 1.77. The quantitative estimate of drug-likeness (QED) is 0.565. The molecule has 1 aliphatic heterocycles. The molecule has 170 valence electrons. The first-order valence-electron chi connectivity index (χ1n) is 11.5. The molecule has 7 nitrogen and oxygen atoms in total. The fraction of sp³-hybridized carbons (Fsp3) is 0.480. The van der Waals surface area contributed by atoms with E-state index in [-0.39, 0.29) is 11.6 Å². The maximum absolute atomic E-state index is 5.66. The predicted molar refractivity (Wildman–Crippen MR) is 126 cm³/mol. The lowest BCUT2D eigenvalue weighted by molar-refractivity contribution is 0.0979. The van der Waals surface area contributed by atoms with Gasteiger partial charge in [0.1, 0.15) is 5.75 Å². The Balaban J connectivity index is 1.57. The van der Waals surface area contributed by atoms with Crippen molar-refractivity contribution < 1.29 is 4.74 Å². The number of piperazine rings is 1. The molecule has 0 unspecified atom stereocenters. The van der Waals surface area contributed by atoms with E-state index in [0.717, 1.165) is 44.3 Å². The third-order valence-corrected chi connectivity index (χ3v) is 5.90. The van der Waals surface area contributed by atoms with Gasteiger partial charge in [-0.25, -0.2) is 4.68 Å². The molecule has 4 rings (SSSR count). The fourth-order valence-electron chi connectivity index (χ4n) is 4.30. The molecule has 3 aromatic rings. The van der Waals surface area contributed by atoms with Gasteiger partial charge in [0.05, 0.1) is 18.2 Å². The van der Waals surface area contributed by atoms with Crippen LogP contribution in [-0.2, 0) is 12.1 Å². The number of nitrogens with zero attached hydrogens (tertiary/aromatic N) is 6. The lowest BCUT2D eigenvalue weighted by atomic mass is 10.0. The highest BCUT2D eigenvalue weighted by Crippen LogP contribution is 2.31. The zero-order valence-electron chi connectivity index (χ0n) is 19.6. The number of hydrogen-bond acceptors (Lipinski definition) is 6. The molecule has 0 saturated carbocycles. The molecule has 32 heavy (non-hydrogen) atoms. The van der Waals surface area contributed by atoms with E-state index in [1.165, 1.54) is 11.1 Å². The maximum atomic E-state index is 5.66. The highest BCUT2D eigenvalue weighted by molar-refractivity contribution is 5.32. The van der Waals surface area contributed by atoms with Crippen LogP contribution in [0.25, 0.3) is 0 Å². The molecule has 1 saturated heterocycles. The lowest BCUT2D eigenvalue weighted by Crippen LogP contribution is -2.48. The summed E-state index contributed by atoms with van der Waals surface area (Å²) in [4.78, 5) is 5.03. The number of benzene rings is 2. The van der Waals surface area contributed by atoms with Crippen LogP contribution < -0.4 is 4.74 Å². The Bertz CT molecular complexity index is 972. The van der Waals surface area contributed by atoms with E-state index in [2.05, 4.69) is 88.6 Å². The summed E-state index contributed by atoms with van der Waals surface area (Å²) in [6.45, 7) is 14.0. The molecule has 0 radical (unpaired) electrons. The average molecular weight is 435 g/mol. The summed E-state index contributed by atoms with van der Waals surface area (Å²) in [6, 6.07) is 19.1. The summed E-state index contributed by atoms with van der Waals surface area (Å²) in [5, 5.41) is 12.9. The van der Waals surface area contributed by atoms with Gasteiger partial charge in [-0.1, -0.05) is 42.5 Å². The maximum Gasteiger partial charge on any atom is 0.173 e. The van der Waals surface area contributed by atoms with Crippen LogP contribution in [0, 0.1) is 0 Å². The molecule has 1 aliphatic rings. The van der Waals surface area contributed by atoms with Crippen molar-refractivity contribution >= 4 is 0 Å². The monoisotopic (exact) mass is 434 g/mol. The molecule has 2 heterocycles. The van der Waals surface area contributed by atoms with Crippen LogP contribution in [-0.4, -0.2) is 62.8 Å². The largest absolute Gasteiger partial charge is 0.494 e. The molecule has 0 N–H and O–H groups in total. The first kappa shape index (κ1) is 22.4. The zero-order valence-corrected chi connectivity index (χ0v) is 19.6. The van der Waals surface area contributed by atoms with Crippen molar-refractivity contribution in [2.24, 2.45) is 0 Å². The molecule has 7 heteroatoms. The third-order valence-electron chi connectivity index (χ3n) is 5.90. The average Bonchev–Trinajstić information content (AvgIpc) is 3.27. The highest BCUT2D eigenvalue weighted by atomic mass is 16.5. The Hall–Kier alpha value is -2.77. The Kier molecular flexibility index (Phi) is 6.86. The highest BCUT2D eigenvalue weighted by Gasteiger charge is 2.33. The van der Waals surface area contributed by atoms with Crippen LogP contribution in [0.3, 0.4) is 0 Å². The van der Waals surface area contributed by atoms with Crippen LogP contribution in [0.1, 0.15) is 50.7 Å². The van der Waals surface area contributed by atoms with Gasteiger partial charge in [-0.3, -0.25) is 9.80 Å². The van der Waals surface area contributed by atoms with Gasteiger partial charge in [-0.2, -0.15) is 0 Å². The van der Waals surface area contributed by atoms with Gasteiger partial charge in [0.2, 0.25) is 0 Å². The van der Waals surface area contributed by atoms with E-state index in [0.29, 0.717) is 6.61 Å². The molecular formula is C25H34N6O. The number of aromatic nitrogens is 4. The first-order valence-corrected chi connectivity index (χ1v) is 11.5. The van der Waals surface area contributed by atoms with Crippen LogP contribution in [0.4, 0.5) is 0 Å². The first-order chi connectivity index (χ1) is 15.5. The van der Waals surface area contributed by atoms with Crippen LogP contribution in [0.15, 0.2) is 54.6 Å². The van der Waals surface area contributed by atoms with Crippen LogP contribution in [0.5, 0.6) is 5.75 Å². The van der Waals surface area contributed by atoms with E-state index in [1.807, 2.05) is 23.7 Å². The number of tetrazole rings is 1. The zero-order chi connectivity index (χ0) is 22.6. The van der Waals surface area contributed by atoms with E-state index < -0.39 is 0 Å². The van der Waals surface area contributed by atoms with Gasteiger partial charge < -0.3 is 4.74 Å². The molecule has 1 aromatic heterocycles. The fourth-order valence-corrected chi connectivity index (χ4v) is 4.30. The number of rotatable bonds is 7. The normalized spacial score (nSPS) is 16.8. The predicted octanol–water partition coefficient (Wildman–Crippen LogP) is 3.73. The van der Waals surface area contributed by atoms with Crippen molar-refractivity contribution in [2.75, 3.05) is 32.8 Å². The van der Waals surface area contributed by atoms with E-state index >= 15 is 0 Å². The molecule has 0 bridgehead atoms. The van der Waals surface area contributed by atoms with Crippen molar-refractivity contribution in [3.63, 3.8) is 0 Å². The van der Waals surface area contributed by atoms with E-state index in [9.17, 15) is 0 Å².